The van der Waals surface area contributed by atoms with E-state index in [2.05, 4.69) is 5.32 Å². The van der Waals surface area contributed by atoms with Gasteiger partial charge in [-0.15, -0.1) is 0 Å². The molecule has 1 aliphatic heterocycles. The molecule has 0 spiro atoms. The number of nitrogens with zero attached hydrogens (tertiary/aromatic N) is 1. The van der Waals surface area contributed by atoms with Crippen LogP contribution in [0.4, 0.5) is 5.69 Å². The predicted molar refractivity (Wildman–Crippen MR) is 105 cm³/mol. The van der Waals surface area contributed by atoms with Gasteiger partial charge < -0.3 is 10.2 Å². The first-order chi connectivity index (χ1) is 12.9. The number of benzene rings is 2. The first kappa shape index (κ1) is 19.8. The molecule has 2 aromatic rings. The van der Waals surface area contributed by atoms with E-state index >= 15 is 0 Å². The van der Waals surface area contributed by atoms with Crippen LogP contribution < -0.4 is 10.2 Å². The van der Waals surface area contributed by atoms with Crippen molar-refractivity contribution in [2.75, 3.05) is 31.5 Å². The summed E-state index contributed by atoms with van der Waals surface area (Å²) in [5.41, 5.74) is 0.657. The number of piperazine rings is 1. The van der Waals surface area contributed by atoms with Crippen LogP contribution in [-0.2, 0) is 14.8 Å². The van der Waals surface area contributed by atoms with Crippen molar-refractivity contribution < 1.29 is 18.1 Å². The molecule has 0 bridgehead atoms. The highest BCUT2D eigenvalue weighted by Gasteiger charge is 2.34. The molecular formula is C19H23ClN3O3S+. The van der Waals surface area contributed by atoms with Gasteiger partial charge in [0, 0.05) is 10.7 Å². The number of hydrogen-bond donors (Lipinski definition) is 2. The minimum atomic E-state index is -3.48. The number of nitrogens with one attached hydrogen (secondary N) is 2. The second kappa shape index (κ2) is 8.39. The molecule has 2 N–H and O–H groups in total. The molecule has 1 atom stereocenters. The second-order valence-electron chi connectivity index (χ2n) is 6.60. The maximum atomic E-state index is 12.7. The minimum Gasteiger partial charge on any atom is -0.323 e. The van der Waals surface area contributed by atoms with Crippen LogP contribution in [0.3, 0.4) is 0 Å². The van der Waals surface area contributed by atoms with E-state index in [-0.39, 0.29) is 11.9 Å². The molecule has 144 valence electrons. The molecule has 1 aliphatic rings. The Morgan fingerprint density at radius 3 is 2.41 bits per heavy atom. The fourth-order valence-electron chi connectivity index (χ4n) is 3.19. The zero-order valence-corrected chi connectivity index (χ0v) is 16.6. The van der Waals surface area contributed by atoms with E-state index in [9.17, 15) is 13.2 Å². The highest BCUT2D eigenvalue weighted by molar-refractivity contribution is 7.89. The largest absolute Gasteiger partial charge is 0.323 e. The second-order valence-corrected chi connectivity index (χ2v) is 8.97. The first-order valence-corrected chi connectivity index (χ1v) is 10.7. The number of carbonyl (C=O) groups excluding carboxylic acids is 1. The molecule has 1 heterocycles. The van der Waals surface area contributed by atoms with Crippen molar-refractivity contribution in [3.05, 3.63) is 59.6 Å². The summed E-state index contributed by atoms with van der Waals surface area (Å²) in [5, 5.41) is 3.43. The van der Waals surface area contributed by atoms with Crippen molar-refractivity contribution in [3.8, 4) is 0 Å². The van der Waals surface area contributed by atoms with E-state index < -0.39 is 10.0 Å². The lowest BCUT2D eigenvalue weighted by atomic mass is 10.2. The fourth-order valence-corrected chi connectivity index (χ4v) is 4.84. The highest BCUT2D eigenvalue weighted by atomic mass is 35.5. The lowest BCUT2D eigenvalue weighted by Gasteiger charge is -2.34. The molecular weight excluding hydrogens is 386 g/mol. The number of amides is 1. The van der Waals surface area contributed by atoms with E-state index in [1.165, 1.54) is 4.31 Å². The van der Waals surface area contributed by atoms with Crippen LogP contribution in [0.5, 0.6) is 0 Å². The summed E-state index contributed by atoms with van der Waals surface area (Å²) < 4.78 is 26.9. The lowest BCUT2D eigenvalue weighted by molar-refractivity contribution is -0.917. The molecule has 27 heavy (non-hydrogen) atoms. The smallest absolute Gasteiger partial charge is 0.282 e. The number of halogens is 1. The molecule has 0 saturated carbocycles. The van der Waals surface area contributed by atoms with E-state index in [4.69, 9.17) is 11.6 Å². The van der Waals surface area contributed by atoms with Gasteiger partial charge in [-0.1, -0.05) is 35.9 Å². The zero-order chi connectivity index (χ0) is 19.4. The van der Waals surface area contributed by atoms with E-state index in [1.54, 1.807) is 54.6 Å². The van der Waals surface area contributed by atoms with Crippen molar-refractivity contribution in [1.29, 1.82) is 0 Å². The van der Waals surface area contributed by atoms with Gasteiger partial charge in [-0.2, -0.15) is 4.31 Å². The molecule has 0 aromatic heterocycles. The molecule has 0 aliphatic carbocycles. The quantitative estimate of drug-likeness (QED) is 0.782. The summed E-state index contributed by atoms with van der Waals surface area (Å²) in [4.78, 5) is 13.9. The van der Waals surface area contributed by atoms with Gasteiger partial charge in [0.05, 0.1) is 31.1 Å². The number of carbonyl (C=O) groups is 1. The Morgan fingerprint density at radius 1 is 1.11 bits per heavy atom. The number of hydrogen-bond acceptors (Lipinski definition) is 3. The lowest BCUT2D eigenvalue weighted by Crippen LogP contribution is -3.19. The predicted octanol–water partition coefficient (Wildman–Crippen LogP) is 1.26. The van der Waals surface area contributed by atoms with Gasteiger partial charge in [0.2, 0.25) is 10.0 Å². The molecule has 0 radical (unpaired) electrons. The van der Waals surface area contributed by atoms with Crippen molar-refractivity contribution in [1.82, 2.24) is 4.31 Å². The third-order valence-electron chi connectivity index (χ3n) is 4.84. The Hall–Kier alpha value is -1.93. The van der Waals surface area contributed by atoms with Gasteiger partial charge in [-0.3, -0.25) is 4.79 Å². The molecule has 1 amide bonds. The summed E-state index contributed by atoms with van der Waals surface area (Å²) in [6.45, 7) is 3.80. The van der Waals surface area contributed by atoms with Crippen LogP contribution >= 0.6 is 11.6 Å². The maximum absolute atomic E-state index is 12.7. The first-order valence-electron chi connectivity index (χ1n) is 8.84. The Morgan fingerprint density at radius 2 is 1.78 bits per heavy atom. The fraction of sp³-hybridized carbons (Fsp3) is 0.316. The number of quaternary nitrogens is 1. The number of rotatable bonds is 5. The summed E-state index contributed by atoms with van der Waals surface area (Å²) in [5.74, 6) is -0.105. The van der Waals surface area contributed by atoms with Crippen LogP contribution in [0.25, 0.3) is 0 Å². The Kier molecular flexibility index (Phi) is 6.16. The molecule has 8 heteroatoms. The third-order valence-corrected chi connectivity index (χ3v) is 6.99. The molecule has 3 rings (SSSR count). The molecule has 1 saturated heterocycles. The van der Waals surface area contributed by atoms with Gasteiger partial charge in [-0.05, 0) is 37.3 Å². The summed E-state index contributed by atoms with van der Waals surface area (Å²) in [6, 6.07) is 15.2. The summed E-state index contributed by atoms with van der Waals surface area (Å²) >= 11 is 5.95. The molecule has 2 aromatic carbocycles. The SMILES string of the molecule is C[C@@H](C(=O)Nc1cccc(Cl)c1)[NH+]1CCN(S(=O)(=O)c2ccccc2)CC1. The van der Waals surface area contributed by atoms with Crippen LogP contribution in [-0.4, -0.2) is 50.9 Å². The Labute approximate surface area is 164 Å². The maximum Gasteiger partial charge on any atom is 0.282 e. The van der Waals surface area contributed by atoms with Gasteiger partial charge in [0.1, 0.15) is 0 Å². The molecule has 1 fully saturated rings. The average Bonchev–Trinajstić information content (AvgIpc) is 2.68. The van der Waals surface area contributed by atoms with E-state index in [0.717, 1.165) is 4.90 Å². The van der Waals surface area contributed by atoms with Crippen LogP contribution in [0.2, 0.25) is 5.02 Å². The van der Waals surface area contributed by atoms with Crippen molar-refractivity contribution >= 4 is 33.2 Å². The normalized spacial score (nSPS) is 17.4. The van der Waals surface area contributed by atoms with Crippen molar-refractivity contribution in [2.45, 2.75) is 17.9 Å². The van der Waals surface area contributed by atoms with Gasteiger partial charge in [0.15, 0.2) is 6.04 Å². The Balaban J connectivity index is 1.59. The standard InChI is InChI=1S/C19H22ClN3O3S/c1-15(19(24)21-17-7-5-6-16(20)14-17)22-10-12-23(13-11-22)27(25,26)18-8-3-2-4-9-18/h2-9,14-15H,10-13H2,1H3,(H,21,24)/p+1/t15-/m0/s1. The topological polar surface area (TPSA) is 70.9 Å². The molecule has 0 unspecified atom stereocenters. The highest BCUT2D eigenvalue weighted by Crippen LogP contribution is 2.16. The van der Waals surface area contributed by atoms with Crippen LogP contribution in [0, 0.1) is 0 Å². The van der Waals surface area contributed by atoms with Crippen LogP contribution in [0.15, 0.2) is 59.5 Å². The van der Waals surface area contributed by atoms with Crippen LogP contribution in [0.1, 0.15) is 6.92 Å². The monoisotopic (exact) mass is 408 g/mol. The van der Waals surface area contributed by atoms with Gasteiger partial charge >= 0.3 is 0 Å². The van der Waals surface area contributed by atoms with E-state index in [0.29, 0.717) is 41.8 Å². The summed E-state index contributed by atoms with van der Waals surface area (Å²) in [7, 11) is -3.48. The Bertz CT molecular complexity index is 897. The van der Waals surface area contributed by atoms with Crippen molar-refractivity contribution in [2.24, 2.45) is 0 Å². The minimum absolute atomic E-state index is 0.105. The number of anilines is 1. The van der Waals surface area contributed by atoms with E-state index in [1.807, 2.05) is 6.92 Å². The average molecular weight is 409 g/mol. The van der Waals surface area contributed by atoms with Gasteiger partial charge in [-0.25, -0.2) is 8.42 Å². The van der Waals surface area contributed by atoms with Crippen molar-refractivity contribution in [3.63, 3.8) is 0 Å². The molecule has 6 nitrogen and oxygen atoms in total. The summed E-state index contributed by atoms with van der Waals surface area (Å²) in [6.07, 6.45) is 0. The van der Waals surface area contributed by atoms with Gasteiger partial charge in [0.25, 0.3) is 5.91 Å². The third kappa shape index (κ3) is 4.68. The number of sulfonamides is 1. The zero-order valence-electron chi connectivity index (χ0n) is 15.1.